The summed E-state index contributed by atoms with van der Waals surface area (Å²) in [5.74, 6) is -0.382. The van der Waals surface area contributed by atoms with E-state index in [0.29, 0.717) is 10.7 Å². The molecule has 0 aliphatic carbocycles. The number of nitrogens with zero attached hydrogens (tertiary/aromatic N) is 1. The van der Waals surface area contributed by atoms with Gasteiger partial charge in [-0.2, -0.15) is 0 Å². The Morgan fingerprint density at radius 3 is 2.25 bits per heavy atom. The number of benzene rings is 1. The van der Waals surface area contributed by atoms with Crippen LogP contribution >= 0.6 is 34.8 Å². The van der Waals surface area contributed by atoms with Crippen LogP contribution in [0.4, 0.5) is 10.5 Å². The highest BCUT2D eigenvalue weighted by Gasteiger charge is 2.29. The molecule has 7 heteroatoms. The number of urea groups is 1. The van der Waals surface area contributed by atoms with Crippen molar-refractivity contribution in [1.82, 2.24) is 5.32 Å². The quantitative estimate of drug-likeness (QED) is 0.635. The number of halogens is 3. The SMILES string of the molecule is O=C1CN(c2cc(Cl)c(Cl)cc2Cl)C(=O)N1. The topological polar surface area (TPSA) is 49.4 Å². The lowest BCUT2D eigenvalue weighted by molar-refractivity contribution is -0.117. The zero-order valence-corrected chi connectivity index (χ0v) is 10.0. The van der Waals surface area contributed by atoms with Gasteiger partial charge in [-0.15, -0.1) is 0 Å². The van der Waals surface area contributed by atoms with Gasteiger partial charge < -0.3 is 0 Å². The molecular formula is C9H5Cl3N2O2. The third kappa shape index (κ3) is 1.96. The smallest absolute Gasteiger partial charge is 0.283 e. The van der Waals surface area contributed by atoms with E-state index in [0.717, 1.165) is 0 Å². The van der Waals surface area contributed by atoms with E-state index in [9.17, 15) is 9.59 Å². The van der Waals surface area contributed by atoms with Gasteiger partial charge in [-0.05, 0) is 12.1 Å². The van der Waals surface area contributed by atoms with Crippen LogP contribution in [-0.2, 0) is 4.79 Å². The molecule has 2 rings (SSSR count). The van der Waals surface area contributed by atoms with Crippen LogP contribution < -0.4 is 10.2 Å². The van der Waals surface area contributed by atoms with Crippen LogP contribution in [0.1, 0.15) is 0 Å². The number of nitrogens with one attached hydrogen (secondary N) is 1. The molecule has 3 amide bonds. The molecule has 0 radical (unpaired) electrons. The summed E-state index contributed by atoms with van der Waals surface area (Å²) in [6.07, 6.45) is 0. The summed E-state index contributed by atoms with van der Waals surface area (Å²) in [4.78, 5) is 23.6. The van der Waals surface area contributed by atoms with Crippen molar-refractivity contribution < 1.29 is 9.59 Å². The second-order valence-electron chi connectivity index (χ2n) is 3.16. The number of carbonyl (C=O) groups is 2. The molecule has 16 heavy (non-hydrogen) atoms. The number of imide groups is 1. The first-order valence-corrected chi connectivity index (χ1v) is 5.38. The number of hydrogen-bond donors (Lipinski definition) is 1. The van der Waals surface area contributed by atoms with Crippen molar-refractivity contribution in [2.45, 2.75) is 0 Å². The maximum absolute atomic E-state index is 11.4. The van der Waals surface area contributed by atoms with E-state index in [-0.39, 0.29) is 22.5 Å². The average Bonchev–Trinajstić information content (AvgIpc) is 2.51. The second-order valence-corrected chi connectivity index (χ2v) is 4.38. The first-order chi connectivity index (χ1) is 7.49. The first kappa shape index (κ1) is 11.5. The summed E-state index contributed by atoms with van der Waals surface area (Å²) in [6.45, 7) is -0.0729. The van der Waals surface area contributed by atoms with Crippen molar-refractivity contribution in [2.24, 2.45) is 0 Å². The Kier molecular flexibility index (Phi) is 2.97. The molecule has 1 aromatic rings. The standard InChI is InChI=1S/C9H5Cl3N2O2/c10-4-1-6(12)7(2-5(4)11)14-3-8(15)13-9(14)16/h1-2H,3H2,(H,13,15,16). The Morgan fingerprint density at radius 2 is 1.69 bits per heavy atom. The molecule has 0 saturated carbocycles. The minimum atomic E-state index is -0.523. The molecule has 1 N–H and O–H groups in total. The summed E-state index contributed by atoms with van der Waals surface area (Å²) in [6, 6.07) is 2.35. The van der Waals surface area contributed by atoms with E-state index < -0.39 is 6.03 Å². The van der Waals surface area contributed by atoms with Crippen LogP contribution in [-0.4, -0.2) is 18.5 Å². The van der Waals surface area contributed by atoms with E-state index in [1.165, 1.54) is 17.0 Å². The lowest BCUT2D eigenvalue weighted by Gasteiger charge is -2.15. The number of rotatable bonds is 1. The average molecular weight is 280 g/mol. The lowest BCUT2D eigenvalue weighted by Crippen LogP contribution is -2.28. The fraction of sp³-hybridized carbons (Fsp3) is 0.111. The lowest BCUT2D eigenvalue weighted by atomic mass is 10.3. The summed E-state index contributed by atoms with van der Waals surface area (Å²) < 4.78 is 0. The van der Waals surface area contributed by atoms with Crippen LogP contribution in [0, 0.1) is 0 Å². The number of carbonyl (C=O) groups excluding carboxylic acids is 2. The maximum Gasteiger partial charge on any atom is 0.329 e. The largest absolute Gasteiger partial charge is 0.329 e. The first-order valence-electron chi connectivity index (χ1n) is 4.25. The fourth-order valence-corrected chi connectivity index (χ4v) is 2.00. The van der Waals surface area contributed by atoms with Crippen LogP contribution in [0.25, 0.3) is 0 Å². The third-order valence-electron chi connectivity index (χ3n) is 2.07. The van der Waals surface area contributed by atoms with Gasteiger partial charge in [0.15, 0.2) is 0 Å². The molecule has 1 fully saturated rings. The summed E-state index contributed by atoms with van der Waals surface area (Å²) in [7, 11) is 0. The summed E-state index contributed by atoms with van der Waals surface area (Å²) in [5.41, 5.74) is 0.361. The Bertz CT molecular complexity index is 490. The van der Waals surface area contributed by atoms with Gasteiger partial charge in [0, 0.05) is 0 Å². The predicted molar refractivity (Wildman–Crippen MR) is 62.4 cm³/mol. The highest BCUT2D eigenvalue weighted by atomic mass is 35.5. The van der Waals surface area contributed by atoms with Gasteiger partial charge in [0.1, 0.15) is 6.54 Å². The summed E-state index contributed by atoms with van der Waals surface area (Å²) in [5, 5.41) is 2.97. The normalized spacial score (nSPS) is 15.6. The zero-order valence-electron chi connectivity index (χ0n) is 7.76. The molecule has 0 atom stereocenters. The van der Waals surface area contributed by atoms with Crippen molar-refractivity contribution in [1.29, 1.82) is 0 Å². The van der Waals surface area contributed by atoms with Crippen LogP contribution in [0.5, 0.6) is 0 Å². The van der Waals surface area contributed by atoms with Crippen molar-refractivity contribution in [3.05, 3.63) is 27.2 Å². The van der Waals surface area contributed by atoms with Gasteiger partial charge in [0.05, 0.1) is 20.8 Å². The van der Waals surface area contributed by atoms with Gasteiger partial charge in [0.2, 0.25) is 5.91 Å². The highest BCUT2D eigenvalue weighted by molar-refractivity contribution is 6.44. The van der Waals surface area contributed by atoms with Gasteiger partial charge in [-0.3, -0.25) is 15.0 Å². The Morgan fingerprint density at radius 1 is 1.06 bits per heavy atom. The van der Waals surface area contributed by atoms with Crippen LogP contribution in [0.15, 0.2) is 12.1 Å². The number of amides is 3. The Balaban J connectivity index is 2.45. The van der Waals surface area contributed by atoms with E-state index >= 15 is 0 Å². The monoisotopic (exact) mass is 278 g/mol. The molecule has 0 aromatic heterocycles. The molecule has 1 aromatic carbocycles. The van der Waals surface area contributed by atoms with E-state index in [2.05, 4.69) is 5.32 Å². The fourth-order valence-electron chi connectivity index (χ4n) is 1.36. The Labute approximate surface area is 106 Å². The van der Waals surface area contributed by atoms with Gasteiger partial charge in [-0.1, -0.05) is 34.8 Å². The van der Waals surface area contributed by atoms with E-state index in [1.807, 2.05) is 0 Å². The third-order valence-corrected chi connectivity index (χ3v) is 3.10. The number of hydrogen-bond acceptors (Lipinski definition) is 2. The van der Waals surface area contributed by atoms with E-state index in [4.69, 9.17) is 34.8 Å². The van der Waals surface area contributed by atoms with Crippen LogP contribution in [0.2, 0.25) is 15.1 Å². The predicted octanol–water partition coefficient (Wildman–Crippen LogP) is 2.70. The molecule has 0 unspecified atom stereocenters. The molecule has 1 heterocycles. The van der Waals surface area contributed by atoms with Gasteiger partial charge >= 0.3 is 6.03 Å². The molecule has 1 aliphatic rings. The van der Waals surface area contributed by atoms with Crippen molar-refractivity contribution in [2.75, 3.05) is 11.4 Å². The molecule has 1 saturated heterocycles. The van der Waals surface area contributed by atoms with E-state index in [1.54, 1.807) is 0 Å². The molecule has 0 spiro atoms. The summed E-state index contributed by atoms with van der Waals surface area (Å²) >= 11 is 17.5. The molecule has 84 valence electrons. The Hall–Kier alpha value is -0.970. The minimum absolute atomic E-state index is 0.0729. The highest BCUT2D eigenvalue weighted by Crippen LogP contribution is 2.35. The van der Waals surface area contributed by atoms with Gasteiger partial charge in [-0.25, -0.2) is 4.79 Å². The minimum Gasteiger partial charge on any atom is -0.283 e. The van der Waals surface area contributed by atoms with Gasteiger partial charge in [0.25, 0.3) is 0 Å². The van der Waals surface area contributed by atoms with Crippen LogP contribution in [0.3, 0.4) is 0 Å². The number of anilines is 1. The zero-order chi connectivity index (χ0) is 11.9. The molecule has 4 nitrogen and oxygen atoms in total. The molecule has 0 bridgehead atoms. The van der Waals surface area contributed by atoms with Crippen molar-refractivity contribution >= 4 is 52.4 Å². The molecular weight excluding hydrogens is 274 g/mol. The second kappa shape index (κ2) is 4.13. The van der Waals surface area contributed by atoms with Crippen molar-refractivity contribution in [3.63, 3.8) is 0 Å². The maximum atomic E-state index is 11.4. The molecule has 1 aliphatic heterocycles. The van der Waals surface area contributed by atoms with Crippen molar-refractivity contribution in [3.8, 4) is 0 Å².